The molecule has 76 valence electrons. The number of hydrogen-bond acceptors (Lipinski definition) is 3. The van der Waals surface area contributed by atoms with Gasteiger partial charge >= 0.3 is 17.1 Å². The van der Waals surface area contributed by atoms with Crippen LogP contribution in [0, 0.1) is 0 Å². The fraction of sp³-hybridized carbons (Fsp3) is 0.500. The zero-order valence-corrected chi connectivity index (χ0v) is 10.3. The highest BCUT2D eigenvalue weighted by Gasteiger charge is 2.39. The smallest absolute Gasteiger partial charge is 0.352 e. The molecule has 3 nitrogen and oxygen atoms in total. The molecule has 0 radical (unpaired) electrons. The van der Waals surface area contributed by atoms with Crippen LogP contribution in [0.15, 0.2) is 24.6 Å². The molecule has 0 aliphatic heterocycles. The van der Waals surface area contributed by atoms with Crippen LogP contribution in [0.1, 0.15) is 13.8 Å². The molecule has 0 bridgehead atoms. The predicted octanol–water partition coefficient (Wildman–Crippen LogP) is 1.36. The zero-order chi connectivity index (χ0) is 10.5. The van der Waals surface area contributed by atoms with Crippen LogP contribution in [0.4, 0.5) is 0 Å². The van der Waals surface area contributed by atoms with Crippen LogP contribution in [-0.2, 0) is 4.12 Å². The molecule has 0 saturated carbocycles. The summed E-state index contributed by atoms with van der Waals surface area (Å²) in [5.41, 5.74) is 2.87. The maximum Gasteiger partial charge on any atom is 0.352 e. The van der Waals surface area contributed by atoms with E-state index in [0.29, 0.717) is 12.1 Å². The Labute approximate surface area is 81.9 Å². The van der Waals surface area contributed by atoms with E-state index < -0.39 is 17.1 Å². The van der Waals surface area contributed by atoms with E-state index in [1.807, 2.05) is 13.8 Å². The highest BCUT2D eigenvalue weighted by molar-refractivity contribution is 6.84. The van der Waals surface area contributed by atoms with Gasteiger partial charge in [-0.3, -0.25) is 0 Å². The van der Waals surface area contributed by atoms with E-state index in [4.69, 9.17) is 4.12 Å². The summed E-state index contributed by atoms with van der Waals surface area (Å²) in [6.07, 6.45) is 0. The van der Waals surface area contributed by atoms with Gasteiger partial charge in [-0.25, -0.2) is 0 Å². The van der Waals surface area contributed by atoms with Crippen LogP contribution >= 0.6 is 0 Å². The third-order valence-corrected chi connectivity index (χ3v) is 8.13. The van der Waals surface area contributed by atoms with Gasteiger partial charge in [0.05, 0.1) is 0 Å². The van der Waals surface area contributed by atoms with Crippen LogP contribution in [0.5, 0.6) is 0 Å². The van der Waals surface area contributed by atoms with Crippen LogP contribution in [-0.4, -0.2) is 26.7 Å². The Morgan fingerprint density at radius 3 is 1.54 bits per heavy atom. The first-order valence-electron chi connectivity index (χ1n) is 4.37. The Balaban J connectivity index is 4.54. The molecule has 2 atom stereocenters. The van der Waals surface area contributed by atoms with Crippen LogP contribution in [0.25, 0.3) is 0 Å². The molecule has 0 aliphatic carbocycles. The van der Waals surface area contributed by atoms with Crippen molar-refractivity contribution < 1.29 is 13.7 Å². The van der Waals surface area contributed by atoms with Gasteiger partial charge in [0.25, 0.3) is 0 Å². The van der Waals surface area contributed by atoms with E-state index in [1.54, 1.807) is 0 Å². The third-order valence-electron chi connectivity index (χ3n) is 2.00. The Bertz CT molecular complexity index is 178. The van der Waals surface area contributed by atoms with E-state index in [1.165, 1.54) is 11.4 Å². The normalized spacial score (nSPS) is 20.0. The molecule has 13 heavy (non-hydrogen) atoms. The number of hydrogen-bond donors (Lipinski definition) is 2. The lowest BCUT2D eigenvalue weighted by molar-refractivity contribution is 0.320. The molecule has 0 spiro atoms. The molecule has 0 aromatic heterocycles. The molecule has 5 heteroatoms. The summed E-state index contributed by atoms with van der Waals surface area (Å²) >= 11 is 0. The van der Waals surface area contributed by atoms with Gasteiger partial charge in [0.1, 0.15) is 0 Å². The van der Waals surface area contributed by atoms with Gasteiger partial charge in [-0.1, -0.05) is 25.2 Å². The summed E-state index contributed by atoms with van der Waals surface area (Å²) in [5.74, 6) is 0. The van der Waals surface area contributed by atoms with Crippen molar-refractivity contribution in [3.05, 3.63) is 24.6 Å². The van der Waals surface area contributed by atoms with Gasteiger partial charge < -0.3 is 13.7 Å². The van der Waals surface area contributed by atoms with Crippen molar-refractivity contribution in [1.29, 1.82) is 0 Å². The predicted molar refractivity (Wildman–Crippen MR) is 58.4 cm³/mol. The minimum absolute atomic E-state index is 0.500. The van der Waals surface area contributed by atoms with Crippen LogP contribution in [0.3, 0.4) is 0 Å². The van der Waals surface area contributed by atoms with Crippen molar-refractivity contribution >= 4 is 17.1 Å². The lowest BCUT2D eigenvalue weighted by Crippen LogP contribution is -2.49. The van der Waals surface area contributed by atoms with Gasteiger partial charge in [0.2, 0.25) is 0 Å². The molecular weight excluding hydrogens is 200 g/mol. The topological polar surface area (TPSA) is 49.7 Å². The van der Waals surface area contributed by atoms with Crippen LogP contribution in [0.2, 0.25) is 12.1 Å². The van der Waals surface area contributed by atoms with Crippen molar-refractivity contribution in [2.75, 3.05) is 0 Å². The SMILES string of the molecule is C=C[Si](O)(CC)O[Si](O)(C=C)CC. The summed E-state index contributed by atoms with van der Waals surface area (Å²) < 4.78 is 5.38. The molecule has 2 unspecified atom stereocenters. The second-order valence-corrected chi connectivity index (χ2v) is 9.33. The largest absolute Gasteiger partial charge is 0.409 e. The first kappa shape index (κ1) is 12.8. The van der Waals surface area contributed by atoms with Crippen molar-refractivity contribution in [2.45, 2.75) is 25.9 Å². The lowest BCUT2D eigenvalue weighted by atomic mass is 11.0. The lowest BCUT2D eigenvalue weighted by Gasteiger charge is -2.29. The number of rotatable bonds is 6. The van der Waals surface area contributed by atoms with E-state index in [2.05, 4.69) is 13.2 Å². The second-order valence-electron chi connectivity index (χ2n) is 2.91. The third kappa shape index (κ3) is 3.57. The van der Waals surface area contributed by atoms with Gasteiger partial charge in [0.15, 0.2) is 0 Å². The quantitative estimate of drug-likeness (QED) is 0.662. The Hall–Kier alpha value is -0.206. The van der Waals surface area contributed by atoms with E-state index >= 15 is 0 Å². The minimum atomic E-state index is -2.87. The zero-order valence-electron chi connectivity index (χ0n) is 8.29. The highest BCUT2D eigenvalue weighted by atomic mass is 28.5. The summed E-state index contributed by atoms with van der Waals surface area (Å²) in [6, 6.07) is 0.999. The van der Waals surface area contributed by atoms with Crippen molar-refractivity contribution in [3.8, 4) is 0 Å². The van der Waals surface area contributed by atoms with Crippen molar-refractivity contribution in [1.82, 2.24) is 0 Å². The van der Waals surface area contributed by atoms with Gasteiger partial charge in [-0.15, -0.1) is 13.2 Å². The van der Waals surface area contributed by atoms with E-state index in [-0.39, 0.29) is 0 Å². The average molecular weight is 218 g/mol. The molecule has 0 aliphatic rings. The summed E-state index contributed by atoms with van der Waals surface area (Å²) in [7, 11) is -5.74. The first-order chi connectivity index (χ1) is 5.95. The Morgan fingerprint density at radius 1 is 1.08 bits per heavy atom. The minimum Gasteiger partial charge on any atom is -0.409 e. The summed E-state index contributed by atoms with van der Waals surface area (Å²) in [6.45, 7) is 10.7. The monoisotopic (exact) mass is 218 g/mol. The summed E-state index contributed by atoms with van der Waals surface area (Å²) in [4.78, 5) is 19.7. The molecule has 0 aromatic rings. The Kier molecular flexibility index (Phi) is 4.79. The highest BCUT2D eigenvalue weighted by Crippen LogP contribution is 2.18. The first-order valence-corrected chi connectivity index (χ1v) is 8.65. The van der Waals surface area contributed by atoms with Crippen molar-refractivity contribution in [2.24, 2.45) is 0 Å². The Morgan fingerprint density at radius 2 is 1.38 bits per heavy atom. The molecule has 0 rings (SSSR count). The van der Waals surface area contributed by atoms with Gasteiger partial charge in [-0.2, -0.15) is 0 Å². The van der Waals surface area contributed by atoms with Crippen molar-refractivity contribution in [3.63, 3.8) is 0 Å². The maximum atomic E-state index is 9.85. The van der Waals surface area contributed by atoms with Gasteiger partial charge in [0, 0.05) is 0 Å². The fourth-order valence-corrected chi connectivity index (χ4v) is 5.67. The molecule has 0 saturated heterocycles. The molecule has 0 amide bonds. The van der Waals surface area contributed by atoms with Crippen LogP contribution < -0.4 is 0 Å². The van der Waals surface area contributed by atoms with E-state index in [9.17, 15) is 9.59 Å². The second kappa shape index (κ2) is 4.87. The maximum absolute atomic E-state index is 9.85. The molecule has 0 heterocycles. The molecule has 0 aromatic carbocycles. The average Bonchev–Trinajstić information content (AvgIpc) is 2.17. The van der Waals surface area contributed by atoms with Gasteiger partial charge in [-0.05, 0) is 12.1 Å². The molecular formula is C8H18O3Si2. The van der Waals surface area contributed by atoms with E-state index in [0.717, 1.165) is 0 Å². The molecule has 2 N–H and O–H groups in total. The molecule has 0 fully saturated rings. The standard InChI is InChI=1S/C8H18O3Si2/c1-5-12(9,6-2)11-13(10,7-3)8-4/h5,7,9-10H,1,3,6,8H2,2,4H3. The summed E-state index contributed by atoms with van der Waals surface area (Å²) in [5, 5.41) is 0. The fourth-order valence-electron chi connectivity index (χ4n) is 0.822.